The fourth-order valence-electron chi connectivity index (χ4n) is 2.13. The zero-order chi connectivity index (χ0) is 11.8. The fourth-order valence-corrected chi connectivity index (χ4v) is 2.53. The van der Waals surface area contributed by atoms with Crippen LogP contribution in [-0.2, 0) is 0 Å². The monoisotopic (exact) mass is 296 g/mol. The molecule has 0 spiro atoms. The second-order valence-electron chi connectivity index (χ2n) is 4.44. The summed E-state index contributed by atoms with van der Waals surface area (Å²) in [5.74, 6) is 1.33. The number of aliphatic hydroxyl groups is 1. The van der Waals surface area contributed by atoms with Crippen LogP contribution in [0.4, 0.5) is 5.82 Å². The lowest BCUT2D eigenvalue weighted by Crippen LogP contribution is -2.33. The molecule has 0 amide bonds. The first-order chi connectivity index (χ1) is 8.22. The molecule has 0 aromatic carbocycles. The van der Waals surface area contributed by atoms with Crippen LogP contribution in [0.3, 0.4) is 0 Å². The molecule has 0 radical (unpaired) electrons. The van der Waals surface area contributed by atoms with E-state index in [4.69, 9.17) is 0 Å². The zero-order valence-electron chi connectivity index (χ0n) is 9.17. The normalized spacial score (nSPS) is 23.6. The van der Waals surface area contributed by atoms with Crippen molar-refractivity contribution in [3.8, 4) is 0 Å². The van der Waals surface area contributed by atoms with E-state index in [1.807, 2.05) is 16.8 Å². The lowest BCUT2D eigenvalue weighted by atomic mass is 9.82. The van der Waals surface area contributed by atoms with Gasteiger partial charge in [-0.15, -0.1) is 0 Å². The lowest BCUT2D eigenvalue weighted by Gasteiger charge is -2.31. The van der Waals surface area contributed by atoms with Crippen LogP contribution in [0.5, 0.6) is 0 Å². The van der Waals surface area contributed by atoms with E-state index in [1.54, 1.807) is 6.20 Å². The molecule has 2 heterocycles. The van der Waals surface area contributed by atoms with Crippen LogP contribution in [-0.4, -0.2) is 32.1 Å². The summed E-state index contributed by atoms with van der Waals surface area (Å²) in [6.07, 6.45) is 7.17. The molecule has 0 aliphatic heterocycles. The highest BCUT2D eigenvalue weighted by Crippen LogP contribution is 2.27. The molecule has 90 valence electrons. The van der Waals surface area contributed by atoms with Gasteiger partial charge in [0.15, 0.2) is 11.5 Å². The standard InChI is InChI=1S/C11H13BrN4O/c12-9-6-16-2-1-13-11(16)10(15-9)14-5-7-3-8(17)4-7/h1-2,6-8,17H,3-5H2,(H,14,15). The number of rotatable bonds is 3. The number of aliphatic hydroxyl groups excluding tert-OH is 1. The number of anilines is 1. The van der Waals surface area contributed by atoms with E-state index in [0.29, 0.717) is 5.92 Å². The molecule has 1 saturated carbocycles. The maximum atomic E-state index is 9.23. The van der Waals surface area contributed by atoms with E-state index in [2.05, 4.69) is 31.2 Å². The summed E-state index contributed by atoms with van der Waals surface area (Å²) in [5.41, 5.74) is 0.827. The van der Waals surface area contributed by atoms with Gasteiger partial charge in [0.1, 0.15) is 4.60 Å². The van der Waals surface area contributed by atoms with Crippen molar-refractivity contribution in [2.45, 2.75) is 18.9 Å². The van der Waals surface area contributed by atoms with Gasteiger partial charge < -0.3 is 14.8 Å². The van der Waals surface area contributed by atoms with Crippen molar-refractivity contribution < 1.29 is 5.11 Å². The van der Waals surface area contributed by atoms with Crippen molar-refractivity contribution in [3.63, 3.8) is 0 Å². The topological polar surface area (TPSA) is 62.5 Å². The molecule has 0 unspecified atom stereocenters. The van der Waals surface area contributed by atoms with Gasteiger partial charge in [0.05, 0.1) is 6.10 Å². The third-order valence-electron chi connectivity index (χ3n) is 3.11. The van der Waals surface area contributed by atoms with Gasteiger partial charge in [-0.1, -0.05) is 0 Å². The Morgan fingerprint density at radius 3 is 3.12 bits per heavy atom. The molecule has 2 N–H and O–H groups in total. The molecule has 2 aromatic rings. The minimum absolute atomic E-state index is 0.108. The van der Waals surface area contributed by atoms with E-state index in [1.165, 1.54) is 0 Å². The summed E-state index contributed by atoms with van der Waals surface area (Å²) >= 11 is 3.38. The van der Waals surface area contributed by atoms with E-state index in [-0.39, 0.29) is 6.10 Å². The SMILES string of the molecule is OC1CC(CNc2nc(Br)cn3ccnc23)C1. The summed E-state index contributed by atoms with van der Waals surface area (Å²) in [5, 5.41) is 12.5. The second kappa shape index (κ2) is 4.27. The van der Waals surface area contributed by atoms with Gasteiger partial charge in [-0.25, -0.2) is 9.97 Å². The molecule has 17 heavy (non-hydrogen) atoms. The van der Waals surface area contributed by atoms with Crippen LogP contribution >= 0.6 is 15.9 Å². The molecule has 0 saturated heterocycles. The molecule has 1 aliphatic carbocycles. The summed E-state index contributed by atoms with van der Waals surface area (Å²) in [6, 6.07) is 0. The highest BCUT2D eigenvalue weighted by atomic mass is 79.9. The number of hydrogen-bond acceptors (Lipinski definition) is 4. The number of aromatic nitrogens is 3. The quantitative estimate of drug-likeness (QED) is 0.904. The first kappa shape index (κ1) is 11.0. The Labute approximate surface area is 107 Å². The number of fused-ring (bicyclic) bond motifs is 1. The van der Waals surface area contributed by atoms with Crippen LogP contribution in [0, 0.1) is 5.92 Å². The van der Waals surface area contributed by atoms with Crippen molar-refractivity contribution in [3.05, 3.63) is 23.2 Å². The van der Waals surface area contributed by atoms with Gasteiger partial charge in [-0.3, -0.25) is 0 Å². The molecule has 6 heteroatoms. The van der Waals surface area contributed by atoms with Crippen LogP contribution in [0.2, 0.25) is 0 Å². The number of imidazole rings is 1. The van der Waals surface area contributed by atoms with Crippen molar-refractivity contribution >= 4 is 27.4 Å². The summed E-state index contributed by atoms with van der Waals surface area (Å²) < 4.78 is 2.70. The molecule has 2 aromatic heterocycles. The van der Waals surface area contributed by atoms with Crippen LogP contribution in [0.15, 0.2) is 23.2 Å². The first-order valence-corrected chi connectivity index (χ1v) is 6.43. The minimum atomic E-state index is -0.108. The predicted molar refractivity (Wildman–Crippen MR) is 67.9 cm³/mol. The van der Waals surface area contributed by atoms with Crippen molar-refractivity contribution in [2.75, 3.05) is 11.9 Å². The number of nitrogens with one attached hydrogen (secondary N) is 1. The van der Waals surface area contributed by atoms with E-state index in [9.17, 15) is 5.11 Å². The van der Waals surface area contributed by atoms with Crippen molar-refractivity contribution in [2.24, 2.45) is 5.92 Å². The summed E-state index contributed by atoms with van der Waals surface area (Å²) in [6.45, 7) is 0.836. The minimum Gasteiger partial charge on any atom is -0.393 e. The first-order valence-electron chi connectivity index (χ1n) is 5.63. The average Bonchev–Trinajstić information content (AvgIpc) is 2.70. The molecular formula is C11H13BrN4O. The summed E-state index contributed by atoms with van der Waals surface area (Å²) in [4.78, 5) is 8.65. The van der Waals surface area contributed by atoms with E-state index < -0.39 is 0 Å². The third-order valence-corrected chi connectivity index (χ3v) is 3.50. The maximum Gasteiger partial charge on any atom is 0.180 e. The van der Waals surface area contributed by atoms with E-state index >= 15 is 0 Å². The largest absolute Gasteiger partial charge is 0.393 e. The van der Waals surface area contributed by atoms with Gasteiger partial charge in [-0.05, 0) is 34.7 Å². The third kappa shape index (κ3) is 2.14. The molecule has 0 atom stereocenters. The second-order valence-corrected chi connectivity index (χ2v) is 5.25. The number of hydrogen-bond donors (Lipinski definition) is 2. The lowest BCUT2D eigenvalue weighted by molar-refractivity contribution is 0.0486. The Hall–Kier alpha value is -1.14. The number of halogens is 1. The fraction of sp³-hybridized carbons (Fsp3) is 0.455. The Balaban J connectivity index is 1.77. The summed E-state index contributed by atoms with van der Waals surface area (Å²) in [7, 11) is 0. The van der Waals surface area contributed by atoms with Crippen LogP contribution in [0.1, 0.15) is 12.8 Å². The van der Waals surface area contributed by atoms with Gasteiger partial charge >= 0.3 is 0 Å². The molecular weight excluding hydrogens is 284 g/mol. The van der Waals surface area contributed by atoms with Crippen LogP contribution in [0.25, 0.3) is 5.65 Å². The predicted octanol–water partition coefficient (Wildman–Crippen LogP) is 1.67. The van der Waals surface area contributed by atoms with Gasteiger partial charge in [0.25, 0.3) is 0 Å². The average molecular weight is 297 g/mol. The molecule has 5 nitrogen and oxygen atoms in total. The Morgan fingerprint density at radius 2 is 2.35 bits per heavy atom. The van der Waals surface area contributed by atoms with Crippen molar-refractivity contribution in [1.82, 2.24) is 14.4 Å². The molecule has 3 rings (SSSR count). The maximum absolute atomic E-state index is 9.23. The Morgan fingerprint density at radius 1 is 1.53 bits per heavy atom. The Bertz CT molecular complexity index is 535. The molecule has 1 aliphatic rings. The zero-order valence-corrected chi connectivity index (χ0v) is 10.8. The van der Waals surface area contributed by atoms with Gasteiger partial charge in [-0.2, -0.15) is 0 Å². The molecule has 1 fully saturated rings. The van der Waals surface area contributed by atoms with Gasteiger partial charge in [0, 0.05) is 25.1 Å². The number of nitrogens with zero attached hydrogens (tertiary/aromatic N) is 3. The van der Waals surface area contributed by atoms with Crippen molar-refractivity contribution in [1.29, 1.82) is 0 Å². The highest BCUT2D eigenvalue weighted by Gasteiger charge is 2.26. The van der Waals surface area contributed by atoms with E-state index in [0.717, 1.165) is 35.5 Å². The van der Waals surface area contributed by atoms with Gasteiger partial charge in [0.2, 0.25) is 0 Å². The smallest absolute Gasteiger partial charge is 0.180 e. The van der Waals surface area contributed by atoms with Crippen LogP contribution < -0.4 is 5.32 Å². The highest BCUT2D eigenvalue weighted by molar-refractivity contribution is 9.10. The Kier molecular flexibility index (Phi) is 2.76. The molecule has 0 bridgehead atoms.